The fourth-order valence-electron chi connectivity index (χ4n) is 2.34. The minimum Gasteiger partial charge on any atom is -0.330 e. The van der Waals surface area contributed by atoms with Gasteiger partial charge in [-0.25, -0.2) is 21.6 Å². The van der Waals surface area contributed by atoms with Gasteiger partial charge < -0.3 is 5.73 Å². The van der Waals surface area contributed by atoms with Crippen LogP contribution in [0.2, 0.25) is 0 Å². The van der Waals surface area contributed by atoms with Crippen molar-refractivity contribution in [2.24, 2.45) is 5.73 Å². The SMILES string of the molecule is Cl.NCCCNS(=O)(=O)c1ccccc1S(=O)(=O)N1CCCC1. The van der Waals surface area contributed by atoms with E-state index in [4.69, 9.17) is 5.73 Å². The first-order valence-electron chi connectivity index (χ1n) is 7.18. The van der Waals surface area contributed by atoms with Crippen molar-refractivity contribution in [2.75, 3.05) is 26.2 Å². The summed E-state index contributed by atoms with van der Waals surface area (Å²) in [5.41, 5.74) is 5.34. The van der Waals surface area contributed by atoms with Gasteiger partial charge in [0.05, 0.1) is 0 Å². The highest BCUT2D eigenvalue weighted by Crippen LogP contribution is 2.26. The van der Waals surface area contributed by atoms with E-state index in [0.29, 0.717) is 26.1 Å². The van der Waals surface area contributed by atoms with Gasteiger partial charge in [-0.2, -0.15) is 4.31 Å². The summed E-state index contributed by atoms with van der Waals surface area (Å²) in [4.78, 5) is -0.379. The van der Waals surface area contributed by atoms with Gasteiger partial charge in [0.1, 0.15) is 9.79 Å². The molecule has 0 saturated carbocycles. The summed E-state index contributed by atoms with van der Waals surface area (Å²) in [5, 5.41) is 0. The Morgan fingerprint density at radius 3 is 2.17 bits per heavy atom. The molecule has 1 aromatic rings. The van der Waals surface area contributed by atoms with Gasteiger partial charge in [-0.3, -0.25) is 0 Å². The Balaban J connectivity index is 0.00000264. The molecule has 0 amide bonds. The van der Waals surface area contributed by atoms with Crippen LogP contribution in [-0.2, 0) is 20.0 Å². The van der Waals surface area contributed by atoms with Gasteiger partial charge in [-0.15, -0.1) is 12.4 Å². The normalized spacial score (nSPS) is 16.2. The second-order valence-electron chi connectivity index (χ2n) is 5.10. The van der Waals surface area contributed by atoms with Crippen LogP contribution in [0.3, 0.4) is 0 Å². The second-order valence-corrected chi connectivity index (χ2v) is 8.74. The lowest BCUT2D eigenvalue weighted by Gasteiger charge is -2.18. The molecule has 0 unspecified atom stereocenters. The number of hydrogen-bond acceptors (Lipinski definition) is 5. The van der Waals surface area contributed by atoms with Crippen LogP contribution in [0, 0.1) is 0 Å². The fourth-order valence-corrected chi connectivity index (χ4v) is 5.73. The van der Waals surface area contributed by atoms with Crippen LogP contribution in [0.4, 0.5) is 0 Å². The maximum atomic E-state index is 12.6. The van der Waals surface area contributed by atoms with Crippen LogP contribution in [-0.4, -0.2) is 47.3 Å². The molecule has 1 fully saturated rings. The molecule has 2 rings (SSSR count). The predicted octanol–water partition coefficient (Wildman–Crippen LogP) is 0.520. The first kappa shape index (κ1) is 20.3. The molecule has 23 heavy (non-hydrogen) atoms. The van der Waals surface area contributed by atoms with Crippen molar-refractivity contribution in [2.45, 2.75) is 29.1 Å². The lowest BCUT2D eigenvalue weighted by atomic mass is 10.4. The molecular weight excluding hydrogens is 362 g/mol. The number of rotatable bonds is 7. The third kappa shape index (κ3) is 4.65. The summed E-state index contributed by atoms with van der Waals surface area (Å²) in [7, 11) is -7.68. The molecule has 0 bridgehead atoms. The molecule has 0 atom stereocenters. The number of nitrogens with one attached hydrogen (secondary N) is 1. The van der Waals surface area contributed by atoms with Gasteiger partial charge in [0.15, 0.2) is 0 Å². The minimum absolute atomic E-state index is 0. The average molecular weight is 384 g/mol. The van der Waals surface area contributed by atoms with Crippen LogP contribution in [0.25, 0.3) is 0 Å². The first-order chi connectivity index (χ1) is 10.4. The topological polar surface area (TPSA) is 110 Å². The first-order valence-corrected chi connectivity index (χ1v) is 10.1. The van der Waals surface area contributed by atoms with E-state index in [1.165, 1.54) is 28.6 Å². The zero-order valence-corrected chi connectivity index (χ0v) is 15.1. The number of benzene rings is 1. The average Bonchev–Trinajstić information content (AvgIpc) is 3.02. The standard InChI is InChI=1S/C13H21N3O4S2.ClH/c14-8-5-9-15-21(17,18)12-6-1-2-7-13(12)22(19,20)16-10-3-4-11-16;/h1-2,6-7,15H,3-5,8-11,14H2;1H. The molecule has 1 aromatic carbocycles. The van der Waals surface area contributed by atoms with Crippen molar-refractivity contribution >= 4 is 32.5 Å². The molecule has 3 N–H and O–H groups in total. The Morgan fingerprint density at radius 1 is 1.04 bits per heavy atom. The maximum Gasteiger partial charge on any atom is 0.244 e. The summed E-state index contributed by atoms with van der Waals surface area (Å²) < 4.78 is 53.7. The lowest BCUT2D eigenvalue weighted by Crippen LogP contribution is -2.32. The monoisotopic (exact) mass is 383 g/mol. The summed E-state index contributed by atoms with van der Waals surface area (Å²) >= 11 is 0. The third-order valence-electron chi connectivity index (χ3n) is 3.49. The van der Waals surface area contributed by atoms with Crippen molar-refractivity contribution in [1.29, 1.82) is 0 Å². The van der Waals surface area contributed by atoms with E-state index < -0.39 is 20.0 Å². The minimum atomic E-state index is -3.89. The zero-order valence-electron chi connectivity index (χ0n) is 12.6. The van der Waals surface area contributed by atoms with Gasteiger partial charge in [0.25, 0.3) is 0 Å². The highest BCUT2D eigenvalue weighted by atomic mass is 35.5. The molecule has 132 valence electrons. The Kier molecular flexibility index (Phi) is 7.43. The van der Waals surface area contributed by atoms with Gasteiger partial charge >= 0.3 is 0 Å². The second kappa shape index (κ2) is 8.41. The van der Waals surface area contributed by atoms with E-state index in [9.17, 15) is 16.8 Å². The number of halogens is 1. The molecule has 10 heteroatoms. The van der Waals surface area contributed by atoms with Crippen molar-refractivity contribution in [1.82, 2.24) is 9.03 Å². The van der Waals surface area contributed by atoms with E-state index in [2.05, 4.69) is 4.72 Å². The molecule has 0 spiro atoms. The van der Waals surface area contributed by atoms with Crippen molar-refractivity contribution in [3.63, 3.8) is 0 Å². The molecule has 0 radical (unpaired) electrons. The fraction of sp³-hybridized carbons (Fsp3) is 0.538. The maximum absolute atomic E-state index is 12.6. The van der Waals surface area contributed by atoms with Crippen LogP contribution in [0.1, 0.15) is 19.3 Å². The van der Waals surface area contributed by atoms with E-state index in [0.717, 1.165) is 12.8 Å². The van der Waals surface area contributed by atoms with Crippen LogP contribution >= 0.6 is 12.4 Å². The van der Waals surface area contributed by atoms with Gasteiger partial charge in [-0.05, 0) is 37.9 Å². The quantitative estimate of drug-likeness (QED) is 0.667. The number of hydrogen-bond donors (Lipinski definition) is 2. The van der Waals surface area contributed by atoms with E-state index >= 15 is 0 Å². The molecule has 1 heterocycles. The third-order valence-corrected chi connectivity index (χ3v) is 7.10. The molecule has 1 saturated heterocycles. The molecule has 7 nitrogen and oxygen atoms in total. The number of nitrogens with zero attached hydrogens (tertiary/aromatic N) is 1. The predicted molar refractivity (Wildman–Crippen MR) is 90.5 cm³/mol. The molecule has 0 aliphatic carbocycles. The Bertz CT molecular complexity index is 716. The van der Waals surface area contributed by atoms with E-state index in [-0.39, 0.29) is 28.7 Å². The summed E-state index contributed by atoms with van der Waals surface area (Å²) in [5.74, 6) is 0. The van der Waals surface area contributed by atoms with Gasteiger partial charge in [0.2, 0.25) is 20.0 Å². The van der Waals surface area contributed by atoms with Crippen molar-refractivity contribution < 1.29 is 16.8 Å². The number of sulfonamides is 2. The largest absolute Gasteiger partial charge is 0.330 e. The van der Waals surface area contributed by atoms with Crippen molar-refractivity contribution in [3.05, 3.63) is 24.3 Å². The van der Waals surface area contributed by atoms with Crippen LogP contribution in [0.15, 0.2) is 34.1 Å². The smallest absolute Gasteiger partial charge is 0.244 e. The Labute approximate surface area is 143 Å². The highest BCUT2D eigenvalue weighted by Gasteiger charge is 2.32. The molecule has 0 aromatic heterocycles. The van der Waals surface area contributed by atoms with E-state index in [1.807, 2.05) is 0 Å². The lowest BCUT2D eigenvalue weighted by molar-refractivity contribution is 0.474. The molecule has 1 aliphatic heterocycles. The summed E-state index contributed by atoms with van der Waals surface area (Å²) in [6.07, 6.45) is 2.08. The highest BCUT2D eigenvalue weighted by molar-refractivity contribution is 7.92. The summed E-state index contributed by atoms with van der Waals surface area (Å²) in [6.45, 7) is 1.39. The van der Waals surface area contributed by atoms with Crippen LogP contribution in [0.5, 0.6) is 0 Å². The van der Waals surface area contributed by atoms with Gasteiger partial charge in [0, 0.05) is 19.6 Å². The van der Waals surface area contributed by atoms with Crippen LogP contribution < -0.4 is 10.5 Å². The summed E-state index contributed by atoms with van der Waals surface area (Å²) in [6, 6.07) is 5.70. The van der Waals surface area contributed by atoms with Crippen molar-refractivity contribution in [3.8, 4) is 0 Å². The zero-order chi connectivity index (χ0) is 16.2. The number of nitrogens with two attached hydrogens (primary N) is 1. The van der Waals surface area contributed by atoms with E-state index in [1.54, 1.807) is 0 Å². The Morgan fingerprint density at radius 2 is 1.61 bits per heavy atom. The molecular formula is C13H22ClN3O4S2. The Hall–Kier alpha value is -0.710. The van der Waals surface area contributed by atoms with Gasteiger partial charge in [-0.1, -0.05) is 12.1 Å². The molecule has 1 aliphatic rings.